The Balaban J connectivity index is 2.31. The second kappa shape index (κ2) is 5.26. The number of hydrogen-bond acceptors (Lipinski definition) is 4. The van der Waals surface area contributed by atoms with Gasteiger partial charge < -0.3 is 5.32 Å². The van der Waals surface area contributed by atoms with Crippen molar-refractivity contribution in [2.45, 2.75) is 25.8 Å². The van der Waals surface area contributed by atoms with Gasteiger partial charge in [-0.2, -0.15) is 0 Å². The van der Waals surface area contributed by atoms with Crippen LogP contribution in [0.25, 0.3) is 0 Å². The zero-order valence-electron chi connectivity index (χ0n) is 8.95. The highest BCUT2D eigenvalue weighted by molar-refractivity contribution is 7.89. The van der Waals surface area contributed by atoms with Crippen LogP contribution in [0.5, 0.6) is 0 Å². The van der Waals surface area contributed by atoms with Crippen LogP contribution in [0.15, 0.2) is 0 Å². The van der Waals surface area contributed by atoms with Crippen LogP contribution in [0.4, 0.5) is 4.79 Å². The third kappa shape index (κ3) is 3.78. The summed E-state index contributed by atoms with van der Waals surface area (Å²) in [6, 6.07) is -1.18. The van der Waals surface area contributed by atoms with Crippen molar-refractivity contribution in [1.29, 1.82) is 0 Å². The Kier molecular flexibility index (Phi) is 4.25. The first kappa shape index (κ1) is 12.9. The maximum absolute atomic E-state index is 11.3. The monoisotopic (exact) mass is 249 g/mol. The van der Waals surface area contributed by atoms with E-state index < -0.39 is 28.0 Å². The van der Waals surface area contributed by atoms with Gasteiger partial charge in [-0.25, -0.2) is 17.9 Å². The first-order valence-electron chi connectivity index (χ1n) is 5.03. The molecule has 0 bridgehead atoms. The molecule has 0 aromatic heterocycles. The lowest BCUT2D eigenvalue weighted by molar-refractivity contribution is -0.120. The summed E-state index contributed by atoms with van der Waals surface area (Å²) >= 11 is 0. The van der Waals surface area contributed by atoms with Crippen LogP contribution in [0.3, 0.4) is 0 Å². The average molecular weight is 249 g/mol. The number of imide groups is 1. The van der Waals surface area contributed by atoms with E-state index in [9.17, 15) is 18.0 Å². The van der Waals surface area contributed by atoms with E-state index in [1.807, 2.05) is 0 Å². The van der Waals surface area contributed by atoms with Crippen LogP contribution < -0.4 is 15.4 Å². The van der Waals surface area contributed by atoms with Gasteiger partial charge in [0.25, 0.3) is 5.91 Å². The van der Waals surface area contributed by atoms with Gasteiger partial charge in [-0.1, -0.05) is 6.92 Å². The SMILES string of the molecule is CCCS(=O)(=O)NCCC1NC(=O)NC1=O. The Bertz CT molecular complexity index is 379. The fourth-order valence-electron chi connectivity index (χ4n) is 1.36. The van der Waals surface area contributed by atoms with Crippen LogP contribution in [0, 0.1) is 0 Å². The molecule has 3 amide bonds. The summed E-state index contributed by atoms with van der Waals surface area (Å²) in [4.78, 5) is 21.8. The van der Waals surface area contributed by atoms with Crippen LogP contribution in [0.2, 0.25) is 0 Å². The molecule has 1 saturated heterocycles. The Labute approximate surface area is 94.0 Å². The van der Waals surface area contributed by atoms with Crippen LogP contribution in [0.1, 0.15) is 19.8 Å². The minimum Gasteiger partial charge on any atom is -0.326 e. The molecule has 3 N–H and O–H groups in total. The molecule has 1 aliphatic heterocycles. The smallest absolute Gasteiger partial charge is 0.322 e. The molecule has 1 heterocycles. The topological polar surface area (TPSA) is 104 Å². The Morgan fingerprint density at radius 3 is 2.56 bits per heavy atom. The highest BCUT2D eigenvalue weighted by atomic mass is 32.2. The summed E-state index contributed by atoms with van der Waals surface area (Å²) < 4.78 is 24.9. The number of nitrogens with one attached hydrogen (secondary N) is 3. The van der Waals surface area contributed by atoms with Crippen molar-refractivity contribution in [1.82, 2.24) is 15.4 Å². The molecule has 0 radical (unpaired) electrons. The van der Waals surface area contributed by atoms with E-state index in [0.29, 0.717) is 6.42 Å². The second-order valence-corrected chi connectivity index (χ2v) is 5.44. The predicted molar refractivity (Wildman–Crippen MR) is 57.2 cm³/mol. The minimum absolute atomic E-state index is 0.0657. The number of sulfonamides is 1. The van der Waals surface area contributed by atoms with Crippen LogP contribution in [-0.2, 0) is 14.8 Å². The molecule has 16 heavy (non-hydrogen) atoms. The second-order valence-electron chi connectivity index (χ2n) is 3.52. The minimum atomic E-state index is -3.25. The summed E-state index contributed by atoms with van der Waals surface area (Å²) in [5.74, 6) is -0.351. The highest BCUT2D eigenvalue weighted by Crippen LogP contribution is 1.98. The maximum Gasteiger partial charge on any atom is 0.322 e. The summed E-state index contributed by atoms with van der Waals surface area (Å²) in [7, 11) is -3.25. The lowest BCUT2D eigenvalue weighted by Crippen LogP contribution is -2.35. The molecule has 0 spiro atoms. The van der Waals surface area contributed by atoms with E-state index in [1.54, 1.807) is 6.92 Å². The van der Waals surface area contributed by atoms with Crippen molar-refractivity contribution in [3.8, 4) is 0 Å². The van der Waals surface area contributed by atoms with E-state index >= 15 is 0 Å². The van der Waals surface area contributed by atoms with E-state index in [1.165, 1.54) is 0 Å². The normalized spacial score (nSPS) is 20.7. The zero-order valence-corrected chi connectivity index (χ0v) is 9.76. The van der Waals surface area contributed by atoms with Crippen molar-refractivity contribution >= 4 is 22.0 Å². The van der Waals surface area contributed by atoms with Gasteiger partial charge in [-0.3, -0.25) is 10.1 Å². The first-order valence-corrected chi connectivity index (χ1v) is 6.68. The van der Waals surface area contributed by atoms with E-state index in [4.69, 9.17) is 0 Å². The Morgan fingerprint density at radius 1 is 1.38 bits per heavy atom. The molecular weight excluding hydrogens is 234 g/mol. The number of hydrogen-bond donors (Lipinski definition) is 3. The van der Waals surface area contributed by atoms with Gasteiger partial charge in [-0.05, 0) is 12.8 Å². The van der Waals surface area contributed by atoms with Gasteiger partial charge >= 0.3 is 6.03 Å². The lowest BCUT2D eigenvalue weighted by atomic mass is 10.2. The molecule has 1 rings (SSSR count). The largest absolute Gasteiger partial charge is 0.326 e. The van der Waals surface area contributed by atoms with Crippen molar-refractivity contribution in [2.75, 3.05) is 12.3 Å². The van der Waals surface area contributed by atoms with Crippen molar-refractivity contribution in [2.24, 2.45) is 0 Å². The summed E-state index contributed by atoms with van der Waals surface area (Å²) in [6.07, 6.45) is 0.788. The zero-order chi connectivity index (χ0) is 12.2. The Hall–Kier alpha value is -1.15. The highest BCUT2D eigenvalue weighted by Gasteiger charge is 2.28. The van der Waals surface area contributed by atoms with Gasteiger partial charge in [0.1, 0.15) is 6.04 Å². The fraction of sp³-hybridized carbons (Fsp3) is 0.750. The van der Waals surface area contributed by atoms with Crippen molar-refractivity contribution < 1.29 is 18.0 Å². The number of carbonyl (C=O) groups excluding carboxylic acids is 2. The van der Waals surface area contributed by atoms with Crippen molar-refractivity contribution in [3.63, 3.8) is 0 Å². The van der Waals surface area contributed by atoms with Gasteiger partial charge in [0, 0.05) is 6.54 Å². The molecule has 0 saturated carbocycles. The summed E-state index contributed by atoms with van der Waals surface area (Å²) in [5.41, 5.74) is 0. The number of rotatable bonds is 6. The maximum atomic E-state index is 11.3. The van der Waals surface area contributed by atoms with E-state index in [-0.39, 0.29) is 18.7 Å². The molecule has 0 aromatic carbocycles. The number of amides is 3. The predicted octanol–water partition coefficient (Wildman–Crippen LogP) is -1.09. The van der Waals surface area contributed by atoms with Gasteiger partial charge in [0.2, 0.25) is 10.0 Å². The molecule has 1 fully saturated rings. The molecule has 1 atom stereocenters. The van der Waals surface area contributed by atoms with Gasteiger partial charge in [0.15, 0.2) is 0 Å². The fourth-order valence-corrected chi connectivity index (χ4v) is 2.47. The summed E-state index contributed by atoms with van der Waals surface area (Å²) in [5, 5.41) is 4.46. The quantitative estimate of drug-likeness (QED) is 0.520. The van der Waals surface area contributed by atoms with Crippen molar-refractivity contribution in [3.05, 3.63) is 0 Å². The molecule has 92 valence electrons. The summed E-state index contributed by atoms with van der Waals surface area (Å²) in [6.45, 7) is 1.91. The Morgan fingerprint density at radius 2 is 2.06 bits per heavy atom. The standard InChI is InChI=1S/C8H15N3O4S/c1-2-5-16(14,15)9-4-3-6-7(12)11-8(13)10-6/h6,9H,2-5H2,1H3,(H2,10,11,12,13). The molecule has 8 heteroatoms. The van der Waals surface area contributed by atoms with E-state index in [0.717, 1.165) is 0 Å². The first-order chi connectivity index (χ1) is 7.44. The molecular formula is C8H15N3O4S. The molecule has 7 nitrogen and oxygen atoms in total. The molecule has 1 aliphatic rings. The van der Waals surface area contributed by atoms with Gasteiger partial charge in [-0.15, -0.1) is 0 Å². The van der Waals surface area contributed by atoms with Crippen LogP contribution in [-0.4, -0.2) is 38.7 Å². The molecule has 0 aliphatic carbocycles. The number of urea groups is 1. The third-order valence-electron chi connectivity index (χ3n) is 2.09. The third-order valence-corrected chi connectivity index (χ3v) is 3.68. The average Bonchev–Trinajstić information content (AvgIpc) is 2.44. The van der Waals surface area contributed by atoms with Crippen LogP contribution >= 0.6 is 0 Å². The van der Waals surface area contributed by atoms with E-state index in [2.05, 4.69) is 15.4 Å². The molecule has 1 unspecified atom stereocenters. The van der Waals surface area contributed by atoms with Gasteiger partial charge in [0.05, 0.1) is 5.75 Å². The molecule has 0 aromatic rings. The lowest BCUT2D eigenvalue weighted by Gasteiger charge is -2.08. The number of carbonyl (C=O) groups is 2.